The first-order valence-corrected chi connectivity index (χ1v) is 5.60. The van der Waals surface area contributed by atoms with Gasteiger partial charge in [0.1, 0.15) is 0 Å². The molecule has 2 aliphatic heterocycles. The third-order valence-electron chi connectivity index (χ3n) is 3.34. The Morgan fingerprint density at radius 3 is 2.83 bits per heavy atom. The average molecular weight is 252 g/mol. The SMILES string of the molecule is C[C@H]1CO[C@@H]2Cn3cc(O)c(=O)c(O)c3C(=O)N12. The second-order valence-electron chi connectivity index (χ2n) is 4.54. The Morgan fingerprint density at radius 1 is 1.39 bits per heavy atom. The lowest BCUT2D eigenvalue weighted by Gasteiger charge is -2.33. The molecular formula is C11H12N2O5. The number of amides is 1. The van der Waals surface area contributed by atoms with Crippen LogP contribution in [0.15, 0.2) is 11.0 Å². The van der Waals surface area contributed by atoms with Gasteiger partial charge in [0, 0.05) is 0 Å². The van der Waals surface area contributed by atoms with Gasteiger partial charge in [0.2, 0.25) is 0 Å². The van der Waals surface area contributed by atoms with Gasteiger partial charge in [-0.2, -0.15) is 0 Å². The smallest absolute Gasteiger partial charge is 0.276 e. The van der Waals surface area contributed by atoms with Crippen LogP contribution >= 0.6 is 0 Å². The summed E-state index contributed by atoms with van der Waals surface area (Å²) < 4.78 is 6.80. The van der Waals surface area contributed by atoms with Gasteiger partial charge < -0.3 is 24.4 Å². The quantitative estimate of drug-likeness (QED) is 0.647. The molecule has 0 unspecified atom stereocenters. The summed E-state index contributed by atoms with van der Waals surface area (Å²) in [7, 11) is 0. The number of hydrogen-bond donors (Lipinski definition) is 2. The lowest BCUT2D eigenvalue weighted by atomic mass is 10.1. The molecule has 0 bridgehead atoms. The molecule has 7 heteroatoms. The summed E-state index contributed by atoms with van der Waals surface area (Å²) in [5, 5.41) is 19.1. The van der Waals surface area contributed by atoms with E-state index in [1.54, 1.807) is 0 Å². The predicted octanol–water partition coefficient (Wildman–Crippen LogP) is -0.540. The fourth-order valence-corrected chi connectivity index (χ4v) is 2.46. The van der Waals surface area contributed by atoms with Gasteiger partial charge in [0.05, 0.1) is 25.4 Å². The van der Waals surface area contributed by atoms with Crippen LogP contribution in [-0.2, 0) is 11.3 Å². The highest BCUT2D eigenvalue weighted by Crippen LogP contribution is 2.29. The molecule has 0 radical (unpaired) electrons. The van der Waals surface area contributed by atoms with Crippen molar-refractivity contribution < 1.29 is 19.7 Å². The summed E-state index contributed by atoms with van der Waals surface area (Å²) in [6.45, 7) is 2.54. The molecule has 1 saturated heterocycles. The number of rotatable bonds is 0. The zero-order valence-electron chi connectivity index (χ0n) is 9.66. The molecule has 96 valence electrons. The van der Waals surface area contributed by atoms with E-state index in [1.165, 1.54) is 9.47 Å². The van der Waals surface area contributed by atoms with Crippen LogP contribution in [0.4, 0.5) is 0 Å². The first-order valence-electron chi connectivity index (χ1n) is 5.60. The van der Waals surface area contributed by atoms with Crippen molar-refractivity contribution in [2.75, 3.05) is 6.61 Å². The number of pyridine rings is 1. The van der Waals surface area contributed by atoms with Crippen LogP contribution in [0.2, 0.25) is 0 Å². The Labute approximate surface area is 102 Å². The van der Waals surface area contributed by atoms with Gasteiger partial charge in [-0.25, -0.2) is 0 Å². The second-order valence-corrected chi connectivity index (χ2v) is 4.54. The first-order chi connectivity index (χ1) is 8.50. The molecule has 1 aromatic rings. The van der Waals surface area contributed by atoms with Crippen LogP contribution in [-0.4, -0.2) is 44.5 Å². The maximum absolute atomic E-state index is 12.2. The Bertz CT molecular complexity index is 594. The highest BCUT2D eigenvalue weighted by atomic mass is 16.5. The van der Waals surface area contributed by atoms with Crippen LogP contribution < -0.4 is 5.43 Å². The highest BCUT2D eigenvalue weighted by Gasteiger charge is 2.42. The van der Waals surface area contributed by atoms with Crippen LogP contribution in [0.1, 0.15) is 17.4 Å². The molecule has 7 nitrogen and oxygen atoms in total. The topological polar surface area (TPSA) is 92.0 Å². The molecule has 2 aliphatic rings. The van der Waals surface area contributed by atoms with E-state index < -0.39 is 29.1 Å². The number of fused-ring (bicyclic) bond motifs is 2. The van der Waals surface area contributed by atoms with Crippen molar-refractivity contribution in [2.24, 2.45) is 0 Å². The molecule has 3 rings (SSSR count). The molecule has 0 saturated carbocycles. The van der Waals surface area contributed by atoms with E-state index in [-0.39, 0.29) is 18.3 Å². The summed E-state index contributed by atoms with van der Waals surface area (Å²) in [5.74, 6) is -1.74. The van der Waals surface area contributed by atoms with E-state index in [0.29, 0.717) is 6.61 Å². The molecule has 1 fully saturated rings. The number of aromatic nitrogens is 1. The standard InChI is InChI=1S/C11H12N2O5/c1-5-4-18-7-3-12-2-6(14)9(15)10(16)8(12)11(17)13(5)7/h2,5,7,14,16H,3-4H2,1H3/t5-,7+/m0/s1. The van der Waals surface area contributed by atoms with E-state index in [0.717, 1.165) is 6.20 Å². The van der Waals surface area contributed by atoms with Crippen molar-refractivity contribution in [1.29, 1.82) is 0 Å². The zero-order chi connectivity index (χ0) is 13.0. The number of ether oxygens (including phenoxy) is 1. The Hall–Kier alpha value is -2.02. The molecule has 1 amide bonds. The van der Waals surface area contributed by atoms with Gasteiger partial charge in [0.15, 0.2) is 23.4 Å². The molecule has 0 aromatic carbocycles. The minimum atomic E-state index is -0.930. The summed E-state index contributed by atoms with van der Waals surface area (Å²) in [6.07, 6.45) is 0.736. The second kappa shape index (κ2) is 3.49. The first kappa shape index (κ1) is 11.1. The lowest BCUT2D eigenvalue weighted by molar-refractivity contribution is 0.00622. The van der Waals surface area contributed by atoms with Gasteiger partial charge in [-0.15, -0.1) is 0 Å². The Morgan fingerprint density at radius 2 is 2.11 bits per heavy atom. The van der Waals surface area contributed by atoms with Crippen molar-refractivity contribution in [3.8, 4) is 11.5 Å². The van der Waals surface area contributed by atoms with E-state index in [9.17, 15) is 19.8 Å². The Kier molecular flexibility index (Phi) is 2.15. The van der Waals surface area contributed by atoms with Crippen molar-refractivity contribution in [3.63, 3.8) is 0 Å². The summed E-state index contributed by atoms with van der Waals surface area (Å²) >= 11 is 0. The normalized spacial score (nSPS) is 26.1. The third-order valence-corrected chi connectivity index (χ3v) is 3.34. The molecule has 2 N–H and O–H groups in total. The van der Waals surface area contributed by atoms with Gasteiger partial charge >= 0.3 is 0 Å². The average Bonchev–Trinajstić information content (AvgIpc) is 2.68. The minimum Gasteiger partial charge on any atom is -0.503 e. The van der Waals surface area contributed by atoms with Crippen molar-refractivity contribution in [3.05, 3.63) is 22.1 Å². The van der Waals surface area contributed by atoms with Crippen molar-refractivity contribution in [1.82, 2.24) is 9.47 Å². The van der Waals surface area contributed by atoms with Crippen LogP contribution in [0.5, 0.6) is 11.5 Å². The number of carbonyl (C=O) groups is 1. The fourth-order valence-electron chi connectivity index (χ4n) is 2.46. The number of carbonyl (C=O) groups excluding carboxylic acids is 1. The highest BCUT2D eigenvalue weighted by molar-refractivity contribution is 5.96. The fraction of sp³-hybridized carbons (Fsp3) is 0.455. The number of nitrogens with zero attached hydrogens (tertiary/aromatic N) is 2. The van der Waals surface area contributed by atoms with E-state index in [2.05, 4.69) is 0 Å². The zero-order valence-corrected chi connectivity index (χ0v) is 9.66. The molecule has 18 heavy (non-hydrogen) atoms. The lowest BCUT2D eigenvalue weighted by Crippen LogP contribution is -2.48. The van der Waals surface area contributed by atoms with Crippen molar-refractivity contribution >= 4 is 5.91 Å². The third kappa shape index (κ3) is 1.28. The van der Waals surface area contributed by atoms with Gasteiger partial charge in [-0.3, -0.25) is 9.59 Å². The molecule has 0 spiro atoms. The largest absolute Gasteiger partial charge is 0.503 e. The molecular weight excluding hydrogens is 240 g/mol. The monoisotopic (exact) mass is 252 g/mol. The minimum absolute atomic E-state index is 0.0913. The summed E-state index contributed by atoms with van der Waals surface area (Å²) in [4.78, 5) is 25.2. The number of aromatic hydroxyl groups is 2. The van der Waals surface area contributed by atoms with Crippen molar-refractivity contribution in [2.45, 2.75) is 25.7 Å². The summed E-state index contributed by atoms with van der Waals surface area (Å²) in [6, 6.07) is -0.0976. The maximum Gasteiger partial charge on any atom is 0.276 e. The van der Waals surface area contributed by atoms with Gasteiger partial charge in [-0.1, -0.05) is 0 Å². The van der Waals surface area contributed by atoms with E-state index >= 15 is 0 Å². The van der Waals surface area contributed by atoms with Crippen LogP contribution in [0.3, 0.4) is 0 Å². The van der Waals surface area contributed by atoms with E-state index in [4.69, 9.17) is 4.74 Å². The summed E-state index contributed by atoms with van der Waals surface area (Å²) in [5.41, 5.74) is -1.02. The predicted molar refractivity (Wildman–Crippen MR) is 59.4 cm³/mol. The Balaban J connectivity index is 2.20. The van der Waals surface area contributed by atoms with Crippen LogP contribution in [0.25, 0.3) is 0 Å². The molecule has 2 atom stereocenters. The van der Waals surface area contributed by atoms with Gasteiger partial charge in [-0.05, 0) is 6.92 Å². The van der Waals surface area contributed by atoms with E-state index in [1.807, 2.05) is 6.92 Å². The van der Waals surface area contributed by atoms with Crippen LogP contribution in [0, 0.1) is 0 Å². The maximum atomic E-state index is 12.2. The molecule has 1 aromatic heterocycles. The number of hydrogen-bond acceptors (Lipinski definition) is 5. The van der Waals surface area contributed by atoms with Gasteiger partial charge in [0.25, 0.3) is 11.3 Å². The molecule has 0 aliphatic carbocycles. The molecule has 3 heterocycles.